The van der Waals surface area contributed by atoms with Gasteiger partial charge in [-0.3, -0.25) is 5.43 Å². The first kappa shape index (κ1) is 20.2. The van der Waals surface area contributed by atoms with Crippen LogP contribution in [-0.2, 0) is 0 Å². The monoisotopic (exact) mass is 260 g/mol. The van der Waals surface area contributed by atoms with Crippen molar-refractivity contribution in [3.8, 4) is 0 Å². The van der Waals surface area contributed by atoms with Gasteiger partial charge in [-0.1, -0.05) is 34.6 Å². The van der Waals surface area contributed by atoms with Crippen LogP contribution in [0.1, 0.15) is 47.5 Å². The molecule has 18 heavy (non-hydrogen) atoms. The standard InChI is InChI=1S/2C7H18N2/c1-4-7-8-9(5-2)6-3;1-3-9(4-2)7-5-6-8/h8H,4-7H2,1-3H3;3-8H2,1-2H3. The van der Waals surface area contributed by atoms with Gasteiger partial charge < -0.3 is 10.6 Å². The average Bonchev–Trinajstić information content (AvgIpc) is 2.42. The van der Waals surface area contributed by atoms with Crippen LogP contribution in [0.3, 0.4) is 0 Å². The maximum atomic E-state index is 5.36. The molecule has 3 N–H and O–H groups in total. The lowest BCUT2D eigenvalue weighted by atomic mass is 10.4. The molecule has 0 fully saturated rings. The molecule has 0 atom stereocenters. The van der Waals surface area contributed by atoms with E-state index in [0.29, 0.717) is 0 Å². The van der Waals surface area contributed by atoms with Crippen molar-refractivity contribution in [2.24, 2.45) is 5.73 Å². The van der Waals surface area contributed by atoms with Crippen LogP contribution in [-0.4, -0.2) is 55.7 Å². The summed E-state index contributed by atoms with van der Waals surface area (Å²) in [4.78, 5) is 2.38. The minimum atomic E-state index is 0.816. The van der Waals surface area contributed by atoms with Crippen LogP contribution in [0.4, 0.5) is 0 Å². The fourth-order valence-corrected chi connectivity index (χ4v) is 1.57. The highest BCUT2D eigenvalue weighted by Crippen LogP contribution is 1.87. The van der Waals surface area contributed by atoms with Gasteiger partial charge >= 0.3 is 0 Å². The van der Waals surface area contributed by atoms with Crippen LogP contribution >= 0.6 is 0 Å². The third-order valence-electron chi connectivity index (χ3n) is 2.92. The SMILES string of the molecule is CCCNN(CC)CC.CCN(CC)CCCN. The quantitative estimate of drug-likeness (QED) is 0.589. The molecular weight excluding hydrogens is 224 g/mol. The first-order chi connectivity index (χ1) is 8.69. The molecule has 0 unspecified atom stereocenters. The Labute approximate surface area is 115 Å². The van der Waals surface area contributed by atoms with Gasteiger partial charge in [-0.2, -0.15) is 0 Å². The lowest BCUT2D eigenvalue weighted by Crippen LogP contribution is -2.37. The molecule has 0 aromatic rings. The third-order valence-corrected chi connectivity index (χ3v) is 2.92. The highest BCUT2D eigenvalue weighted by atomic mass is 15.5. The smallest absolute Gasteiger partial charge is 0.0102 e. The summed E-state index contributed by atoms with van der Waals surface area (Å²) in [7, 11) is 0. The molecule has 0 spiro atoms. The normalized spacial score (nSPS) is 10.7. The van der Waals surface area contributed by atoms with Crippen molar-refractivity contribution in [3.63, 3.8) is 0 Å². The topological polar surface area (TPSA) is 44.5 Å². The Morgan fingerprint density at radius 2 is 1.44 bits per heavy atom. The zero-order valence-electron chi connectivity index (χ0n) is 13.3. The molecule has 0 aliphatic heterocycles. The number of nitrogens with zero attached hydrogens (tertiary/aromatic N) is 2. The lowest BCUT2D eigenvalue weighted by Gasteiger charge is -2.18. The second-order valence-corrected chi connectivity index (χ2v) is 4.25. The Hall–Kier alpha value is -0.160. The number of hydrazine groups is 1. The molecule has 0 saturated carbocycles. The molecule has 0 aliphatic rings. The highest BCUT2D eigenvalue weighted by Gasteiger charge is 1.95. The van der Waals surface area contributed by atoms with E-state index >= 15 is 0 Å². The van der Waals surface area contributed by atoms with Crippen molar-refractivity contribution in [2.75, 3.05) is 45.8 Å². The molecule has 0 aromatic heterocycles. The Morgan fingerprint density at radius 3 is 1.78 bits per heavy atom. The van der Waals surface area contributed by atoms with Crippen molar-refractivity contribution in [1.82, 2.24) is 15.3 Å². The van der Waals surface area contributed by atoms with Crippen molar-refractivity contribution in [3.05, 3.63) is 0 Å². The zero-order valence-corrected chi connectivity index (χ0v) is 13.3. The molecular formula is C14H36N4. The largest absolute Gasteiger partial charge is 0.330 e. The molecule has 4 heteroatoms. The lowest BCUT2D eigenvalue weighted by molar-refractivity contribution is 0.209. The summed E-state index contributed by atoms with van der Waals surface area (Å²) in [6, 6.07) is 0. The van der Waals surface area contributed by atoms with Crippen LogP contribution in [0.25, 0.3) is 0 Å². The minimum absolute atomic E-state index is 0.816. The van der Waals surface area contributed by atoms with Crippen molar-refractivity contribution >= 4 is 0 Å². The maximum Gasteiger partial charge on any atom is 0.0102 e. The first-order valence-electron chi connectivity index (χ1n) is 7.60. The molecule has 0 amide bonds. The van der Waals surface area contributed by atoms with Gasteiger partial charge in [0.05, 0.1) is 0 Å². The van der Waals surface area contributed by atoms with Crippen LogP contribution < -0.4 is 11.2 Å². The van der Waals surface area contributed by atoms with E-state index in [-0.39, 0.29) is 0 Å². The van der Waals surface area contributed by atoms with Crippen molar-refractivity contribution < 1.29 is 0 Å². The van der Waals surface area contributed by atoms with E-state index < -0.39 is 0 Å². The van der Waals surface area contributed by atoms with Crippen molar-refractivity contribution in [2.45, 2.75) is 47.5 Å². The molecule has 0 radical (unpaired) electrons. The van der Waals surface area contributed by atoms with Gasteiger partial charge in [-0.25, -0.2) is 5.01 Å². The predicted molar refractivity (Wildman–Crippen MR) is 82.7 cm³/mol. The zero-order chi connectivity index (χ0) is 14.2. The molecule has 0 aromatic carbocycles. The second kappa shape index (κ2) is 16.8. The second-order valence-electron chi connectivity index (χ2n) is 4.25. The number of hydrogen-bond donors (Lipinski definition) is 2. The van der Waals surface area contributed by atoms with Gasteiger partial charge in [0.15, 0.2) is 0 Å². The Balaban J connectivity index is 0. The first-order valence-corrected chi connectivity index (χ1v) is 7.60. The molecule has 112 valence electrons. The fraction of sp³-hybridized carbons (Fsp3) is 1.00. The molecule has 4 nitrogen and oxygen atoms in total. The van der Waals surface area contributed by atoms with Gasteiger partial charge in [-0.05, 0) is 39.0 Å². The summed E-state index contributed by atoms with van der Waals surface area (Å²) in [5.74, 6) is 0. The van der Waals surface area contributed by atoms with Crippen LogP contribution in [0.2, 0.25) is 0 Å². The summed E-state index contributed by atoms with van der Waals surface area (Å²) < 4.78 is 0. The fourth-order valence-electron chi connectivity index (χ4n) is 1.57. The van der Waals surface area contributed by atoms with E-state index in [0.717, 1.165) is 52.2 Å². The van der Waals surface area contributed by atoms with Gasteiger partial charge in [0.2, 0.25) is 0 Å². The minimum Gasteiger partial charge on any atom is -0.330 e. The van der Waals surface area contributed by atoms with E-state index in [1.54, 1.807) is 0 Å². The Bertz CT molecular complexity index is 118. The van der Waals surface area contributed by atoms with E-state index in [1.807, 2.05) is 0 Å². The summed E-state index contributed by atoms with van der Waals surface area (Å²) in [6.07, 6.45) is 2.33. The van der Waals surface area contributed by atoms with Gasteiger partial charge in [0.1, 0.15) is 0 Å². The summed E-state index contributed by atoms with van der Waals surface area (Å²) >= 11 is 0. The number of nitrogens with two attached hydrogens (primary N) is 1. The number of nitrogens with one attached hydrogen (secondary N) is 1. The van der Waals surface area contributed by atoms with Crippen molar-refractivity contribution in [1.29, 1.82) is 0 Å². The van der Waals surface area contributed by atoms with Crippen LogP contribution in [0, 0.1) is 0 Å². The van der Waals surface area contributed by atoms with Gasteiger partial charge in [-0.15, -0.1) is 0 Å². The van der Waals surface area contributed by atoms with E-state index in [1.165, 1.54) is 6.42 Å². The number of hydrogen-bond acceptors (Lipinski definition) is 4. The summed E-state index contributed by atoms with van der Waals surface area (Å²) in [6.45, 7) is 18.4. The number of rotatable bonds is 10. The summed E-state index contributed by atoms with van der Waals surface area (Å²) in [5.41, 5.74) is 8.66. The average molecular weight is 260 g/mol. The van der Waals surface area contributed by atoms with Crippen LogP contribution in [0.5, 0.6) is 0 Å². The molecule has 0 rings (SSSR count). The molecule has 0 bridgehead atoms. The molecule has 0 heterocycles. The Morgan fingerprint density at radius 1 is 0.889 bits per heavy atom. The van der Waals surface area contributed by atoms with Crippen LogP contribution in [0.15, 0.2) is 0 Å². The highest BCUT2D eigenvalue weighted by molar-refractivity contribution is 4.51. The van der Waals surface area contributed by atoms with Gasteiger partial charge in [0.25, 0.3) is 0 Å². The predicted octanol–water partition coefficient (Wildman–Crippen LogP) is 1.92. The van der Waals surface area contributed by atoms with E-state index in [9.17, 15) is 0 Å². The summed E-state index contributed by atoms with van der Waals surface area (Å²) in [5, 5.41) is 2.21. The Kier molecular flexibility index (Phi) is 18.9. The van der Waals surface area contributed by atoms with Gasteiger partial charge in [0, 0.05) is 19.6 Å². The van der Waals surface area contributed by atoms with E-state index in [2.05, 4.69) is 50.0 Å². The maximum absolute atomic E-state index is 5.36. The molecule has 0 aliphatic carbocycles. The van der Waals surface area contributed by atoms with E-state index in [4.69, 9.17) is 5.73 Å². The molecule has 0 saturated heterocycles. The third kappa shape index (κ3) is 13.9.